The molecule has 8 nitrogen and oxygen atoms in total. The number of aromatic nitrogens is 2. The molecule has 8 heteroatoms. The summed E-state index contributed by atoms with van der Waals surface area (Å²) in [5.41, 5.74) is -0.153. The van der Waals surface area contributed by atoms with Crippen molar-refractivity contribution in [2.75, 3.05) is 26.4 Å². The molecule has 1 amide bonds. The lowest BCUT2D eigenvalue weighted by molar-refractivity contribution is -0.141. The number of carbonyl (C=O) groups excluding carboxylic acids is 1. The Morgan fingerprint density at radius 1 is 1.43 bits per heavy atom. The van der Waals surface area contributed by atoms with Crippen LogP contribution in [-0.2, 0) is 16.0 Å². The Hall–Kier alpha value is -1.93. The van der Waals surface area contributed by atoms with E-state index < -0.39 is 11.2 Å². The predicted molar refractivity (Wildman–Crippen MR) is 74.1 cm³/mol. The molecule has 1 fully saturated rings. The number of aromatic amines is 2. The molecular formula is C13H19N3O5. The fraction of sp³-hybridized carbons (Fsp3) is 0.615. The number of aliphatic hydroxyl groups excluding tert-OH is 1. The minimum absolute atomic E-state index is 0.137. The van der Waals surface area contributed by atoms with Crippen molar-refractivity contribution in [3.8, 4) is 0 Å². The Labute approximate surface area is 120 Å². The number of amides is 1. The van der Waals surface area contributed by atoms with E-state index in [-0.39, 0.29) is 31.4 Å². The Morgan fingerprint density at radius 2 is 2.19 bits per heavy atom. The van der Waals surface area contributed by atoms with Gasteiger partial charge in [0.25, 0.3) is 5.56 Å². The van der Waals surface area contributed by atoms with Gasteiger partial charge in [0, 0.05) is 24.2 Å². The van der Waals surface area contributed by atoms with Crippen LogP contribution in [-0.4, -0.2) is 58.3 Å². The summed E-state index contributed by atoms with van der Waals surface area (Å²) in [6, 6.07) is -0.332. The highest BCUT2D eigenvalue weighted by Crippen LogP contribution is 2.10. The van der Waals surface area contributed by atoms with Gasteiger partial charge in [-0.2, -0.15) is 0 Å². The lowest BCUT2D eigenvalue weighted by Gasteiger charge is -2.34. The second kappa shape index (κ2) is 6.68. The van der Waals surface area contributed by atoms with Gasteiger partial charge < -0.3 is 19.7 Å². The number of hydrogen-bond donors (Lipinski definition) is 3. The molecule has 2 heterocycles. The number of ether oxygens (including phenoxy) is 1. The van der Waals surface area contributed by atoms with Crippen molar-refractivity contribution >= 4 is 5.91 Å². The summed E-state index contributed by atoms with van der Waals surface area (Å²) in [4.78, 5) is 41.3. The van der Waals surface area contributed by atoms with E-state index in [1.807, 2.05) is 0 Å². The topological polar surface area (TPSA) is 115 Å². The quantitative estimate of drug-likeness (QED) is 0.627. The molecule has 21 heavy (non-hydrogen) atoms. The highest BCUT2D eigenvalue weighted by atomic mass is 16.5. The number of nitrogens with one attached hydrogen (secondary N) is 2. The molecule has 0 radical (unpaired) electrons. The molecular weight excluding hydrogens is 278 g/mol. The van der Waals surface area contributed by atoms with Gasteiger partial charge in [0.1, 0.15) is 0 Å². The second-order valence-electron chi connectivity index (χ2n) is 5.01. The van der Waals surface area contributed by atoms with Gasteiger partial charge >= 0.3 is 5.69 Å². The maximum atomic E-state index is 12.2. The molecule has 0 aromatic carbocycles. The molecule has 1 atom stereocenters. The van der Waals surface area contributed by atoms with E-state index in [4.69, 9.17) is 4.74 Å². The molecule has 1 saturated heterocycles. The third kappa shape index (κ3) is 3.59. The molecule has 0 aliphatic carbocycles. The minimum atomic E-state index is -0.555. The summed E-state index contributed by atoms with van der Waals surface area (Å²) in [5, 5.41) is 9.25. The number of H-pyrrole nitrogens is 2. The number of aryl methyl sites for hydroxylation is 1. The Balaban J connectivity index is 2.04. The van der Waals surface area contributed by atoms with Gasteiger partial charge in [-0.15, -0.1) is 0 Å². The first-order valence-corrected chi connectivity index (χ1v) is 6.83. The minimum Gasteiger partial charge on any atom is -0.394 e. The molecule has 0 saturated carbocycles. The van der Waals surface area contributed by atoms with Crippen LogP contribution in [0.2, 0.25) is 0 Å². The number of nitrogens with zero attached hydrogens (tertiary/aromatic N) is 1. The zero-order chi connectivity index (χ0) is 15.4. The molecule has 3 N–H and O–H groups in total. The molecule has 1 aliphatic heterocycles. The fourth-order valence-corrected chi connectivity index (χ4v) is 2.44. The second-order valence-corrected chi connectivity index (χ2v) is 5.01. The molecule has 0 spiro atoms. The first-order valence-electron chi connectivity index (χ1n) is 6.83. The summed E-state index contributed by atoms with van der Waals surface area (Å²) in [6.07, 6.45) is 0.388. The van der Waals surface area contributed by atoms with Gasteiger partial charge in [-0.1, -0.05) is 0 Å². The van der Waals surface area contributed by atoms with E-state index in [0.29, 0.717) is 31.0 Å². The van der Waals surface area contributed by atoms with E-state index in [9.17, 15) is 19.5 Å². The molecule has 1 aromatic rings. The summed E-state index contributed by atoms with van der Waals surface area (Å²) in [5.74, 6) is -0.137. The Morgan fingerprint density at radius 3 is 2.86 bits per heavy atom. The van der Waals surface area contributed by atoms with E-state index in [1.54, 1.807) is 11.8 Å². The zero-order valence-corrected chi connectivity index (χ0v) is 11.8. The van der Waals surface area contributed by atoms with E-state index in [2.05, 4.69) is 9.97 Å². The monoisotopic (exact) mass is 297 g/mol. The van der Waals surface area contributed by atoms with Crippen molar-refractivity contribution in [2.24, 2.45) is 0 Å². The first-order chi connectivity index (χ1) is 10.0. The van der Waals surface area contributed by atoms with Crippen molar-refractivity contribution in [3.05, 3.63) is 32.1 Å². The van der Waals surface area contributed by atoms with Crippen molar-refractivity contribution in [2.45, 2.75) is 25.8 Å². The summed E-state index contributed by atoms with van der Waals surface area (Å²) >= 11 is 0. The lowest BCUT2D eigenvalue weighted by atomic mass is 10.1. The average Bonchev–Trinajstić information content (AvgIpc) is 2.45. The van der Waals surface area contributed by atoms with Crippen LogP contribution in [0.1, 0.15) is 17.7 Å². The van der Waals surface area contributed by atoms with Gasteiger partial charge in [-0.25, -0.2) is 4.79 Å². The lowest BCUT2D eigenvalue weighted by Crippen LogP contribution is -2.50. The van der Waals surface area contributed by atoms with Crippen LogP contribution < -0.4 is 11.2 Å². The predicted octanol–water partition coefficient (Wildman–Crippen LogP) is -1.48. The molecule has 116 valence electrons. The van der Waals surface area contributed by atoms with Gasteiger partial charge in [-0.05, 0) is 13.3 Å². The van der Waals surface area contributed by atoms with Crippen LogP contribution in [0.5, 0.6) is 0 Å². The van der Waals surface area contributed by atoms with Crippen LogP contribution in [0.15, 0.2) is 9.59 Å². The van der Waals surface area contributed by atoms with Gasteiger partial charge in [-0.3, -0.25) is 14.6 Å². The van der Waals surface area contributed by atoms with E-state index >= 15 is 0 Å². The van der Waals surface area contributed by atoms with Crippen LogP contribution >= 0.6 is 0 Å². The summed E-state index contributed by atoms with van der Waals surface area (Å²) in [6.45, 7) is 2.68. The van der Waals surface area contributed by atoms with E-state index in [0.717, 1.165) is 0 Å². The van der Waals surface area contributed by atoms with Crippen molar-refractivity contribution in [1.29, 1.82) is 0 Å². The summed E-state index contributed by atoms with van der Waals surface area (Å²) in [7, 11) is 0. The van der Waals surface area contributed by atoms with Crippen molar-refractivity contribution < 1.29 is 14.6 Å². The highest BCUT2D eigenvalue weighted by molar-refractivity contribution is 5.77. The van der Waals surface area contributed by atoms with Crippen LogP contribution in [0, 0.1) is 6.92 Å². The van der Waals surface area contributed by atoms with Crippen LogP contribution in [0.3, 0.4) is 0 Å². The number of morpholine rings is 1. The molecule has 1 unspecified atom stereocenters. The SMILES string of the molecule is Cc1[nH]c(=O)[nH]c(=O)c1CCC(=O)N1CCOCC1CO. The number of hydrogen-bond acceptors (Lipinski definition) is 5. The number of aliphatic hydroxyl groups is 1. The summed E-state index contributed by atoms with van der Waals surface area (Å²) < 4.78 is 5.22. The van der Waals surface area contributed by atoms with Crippen molar-refractivity contribution in [1.82, 2.24) is 14.9 Å². The van der Waals surface area contributed by atoms with Gasteiger partial charge in [0.15, 0.2) is 0 Å². The average molecular weight is 297 g/mol. The maximum Gasteiger partial charge on any atom is 0.325 e. The first kappa shape index (κ1) is 15.5. The number of rotatable bonds is 4. The third-order valence-electron chi connectivity index (χ3n) is 3.60. The van der Waals surface area contributed by atoms with Crippen LogP contribution in [0.4, 0.5) is 0 Å². The molecule has 2 rings (SSSR count). The maximum absolute atomic E-state index is 12.2. The normalized spacial score (nSPS) is 18.8. The Bertz CT molecular complexity index is 621. The molecule has 1 aliphatic rings. The fourth-order valence-electron chi connectivity index (χ4n) is 2.44. The van der Waals surface area contributed by atoms with Crippen LogP contribution in [0.25, 0.3) is 0 Å². The largest absolute Gasteiger partial charge is 0.394 e. The zero-order valence-electron chi connectivity index (χ0n) is 11.8. The molecule has 1 aromatic heterocycles. The van der Waals surface area contributed by atoms with Gasteiger partial charge in [0.05, 0.1) is 25.9 Å². The van der Waals surface area contributed by atoms with E-state index in [1.165, 1.54) is 0 Å². The number of carbonyl (C=O) groups is 1. The van der Waals surface area contributed by atoms with Gasteiger partial charge in [0.2, 0.25) is 5.91 Å². The molecule has 0 bridgehead atoms. The highest BCUT2D eigenvalue weighted by Gasteiger charge is 2.26. The third-order valence-corrected chi connectivity index (χ3v) is 3.60. The Kier molecular flexibility index (Phi) is 4.92. The standard InChI is InChI=1S/C13H19N3O5/c1-8-10(12(19)15-13(20)14-8)2-3-11(18)16-4-5-21-7-9(16)6-17/h9,17H,2-7H2,1H3,(H2,14,15,19,20). The smallest absolute Gasteiger partial charge is 0.325 e. The van der Waals surface area contributed by atoms with Crippen molar-refractivity contribution in [3.63, 3.8) is 0 Å².